The molecule has 0 saturated carbocycles. The van der Waals surface area contributed by atoms with Crippen LogP contribution in [0.4, 0.5) is 0 Å². The van der Waals surface area contributed by atoms with Gasteiger partial charge in [0.1, 0.15) is 5.82 Å². The number of aliphatic hydroxyl groups excluding tert-OH is 1. The number of aryl methyl sites for hydroxylation is 2. The zero-order chi connectivity index (χ0) is 11.8. The lowest BCUT2D eigenvalue weighted by molar-refractivity contribution is 0.199. The number of rotatable bonds is 2. The van der Waals surface area contributed by atoms with E-state index in [9.17, 15) is 5.11 Å². The van der Waals surface area contributed by atoms with Gasteiger partial charge >= 0.3 is 0 Å². The quantitative estimate of drug-likeness (QED) is 0.886. The molecule has 0 aromatic carbocycles. The summed E-state index contributed by atoms with van der Waals surface area (Å²) in [6.45, 7) is 3.38. The molecule has 1 aliphatic rings. The summed E-state index contributed by atoms with van der Waals surface area (Å²) in [6, 6.07) is 4.27. The van der Waals surface area contributed by atoms with E-state index in [1.807, 2.05) is 0 Å². The molecule has 3 nitrogen and oxygen atoms in total. The highest BCUT2D eigenvalue weighted by molar-refractivity contribution is 7.15. The fourth-order valence-electron chi connectivity index (χ4n) is 2.34. The average molecular weight is 248 g/mol. The molecule has 0 aliphatic carbocycles. The first-order valence-corrected chi connectivity index (χ1v) is 6.81. The normalized spacial score (nSPS) is 19.3. The van der Waals surface area contributed by atoms with Gasteiger partial charge in [0.05, 0.1) is 10.6 Å². The summed E-state index contributed by atoms with van der Waals surface area (Å²) in [7, 11) is 0. The molecule has 3 heterocycles. The highest BCUT2D eigenvalue weighted by atomic mass is 32.1. The van der Waals surface area contributed by atoms with Gasteiger partial charge in [-0.1, -0.05) is 0 Å². The molecule has 2 aromatic heterocycles. The van der Waals surface area contributed by atoms with Gasteiger partial charge in [-0.15, -0.1) is 11.3 Å². The van der Waals surface area contributed by atoms with Crippen LogP contribution < -0.4 is 0 Å². The second-order valence-electron chi connectivity index (χ2n) is 4.69. The number of nitrogens with zero attached hydrogens (tertiary/aromatic N) is 2. The summed E-state index contributed by atoms with van der Waals surface area (Å²) in [6.07, 6.45) is 4.11. The van der Waals surface area contributed by atoms with E-state index in [-0.39, 0.29) is 6.61 Å². The molecule has 90 valence electrons. The van der Waals surface area contributed by atoms with Gasteiger partial charge in [-0.2, -0.15) is 0 Å². The Labute approximate surface area is 105 Å². The van der Waals surface area contributed by atoms with Crippen LogP contribution in [0.5, 0.6) is 0 Å². The highest BCUT2D eigenvalue weighted by Gasteiger charge is 2.20. The molecule has 3 rings (SSSR count). The minimum atomic E-state index is 0.278. The van der Waals surface area contributed by atoms with E-state index < -0.39 is 0 Å². The lowest BCUT2D eigenvalue weighted by Gasteiger charge is -2.20. The van der Waals surface area contributed by atoms with E-state index in [0.29, 0.717) is 5.92 Å². The van der Waals surface area contributed by atoms with Crippen molar-refractivity contribution in [2.24, 2.45) is 5.92 Å². The summed E-state index contributed by atoms with van der Waals surface area (Å²) in [4.78, 5) is 7.25. The van der Waals surface area contributed by atoms with Crippen LogP contribution in [0.2, 0.25) is 0 Å². The third kappa shape index (κ3) is 2.03. The number of aliphatic hydroxyl groups is 1. The first-order chi connectivity index (χ1) is 8.26. The van der Waals surface area contributed by atoms with Crippen LogP contribution in [0.25, 0.3) is 10.6 Å². The predicted octanol–water partition coefficient (Wildman–Crippen LogP) is 2.47. The SMILES string of the molecule is Cc1ccc(-c2cn3c(n2)CC(CO)CC3)s1. The second-order valence-corrected chi connectivity index (χ2v) is 5.98. The summed E-state index contributed by atoms with van der Waals surface area (Å²) in [5.74, 6) is 1.51. The third-order valence-electron chi connectivity index (χ3n) is 3.36. The van der Waals surface area contributed by atoms with Crippen molar-refractivity contribution in [3.63, 3.8) is 0 Å². The minimum absolute atomic E-state index is 0.278. The number of fused-ring (bicyclic) bond motifs is 1. The molecule has 0 saturated heterocycles. The Hall–Kier alpha value is -1.13. The first-order valence-electron chi connectivity index (χ1n) is 6.00. The van der Waals surface area contributed by atoms with Crippen LogP contribution in [0, 0.1) is 12.8 Å². The standard InChI is InChI=1S/C13H16N2OS/c1-9-2-3-12(17-9)11-7-15-5-4-10(8-16)6-13(15)14-11/h2-3,7,10,16H,4-6,8H2,1H3. The van der Waals surface area contributed by atoms with Crippen molar-refractivity contribution < 1.29 is 5.11 Å². The Morgan fingerprint density at radius 2 is 2.41 bits per heavy atom. The van der Waals surface area contributed by atoms with E-state index >= 15 is 0 Å². The highest BCUT2D eigenvalue weighted by Crippen LogP contribution is 2.29. The topological polar surface area (TPSA) is 38.0 Å². The molecular weight excluding hydrogens is 232 g/mol. The third-order valence-corrected chi connectivity index (χ3v) is 4.38. The fraction of sp³-hybridized carbons (Fsp3) is 0.462. The lowest BCUT2D eigenvalue weighted by atomic mass is 9.99. The van der Waals surface area contributed by atoms with Crippen molar-refractivity contribution in [2.45, 2.75) is 26.3 Å². The van der Waals surface area contributed by atoms with Crippen LogP contribution in [0.3, 0.4) is 0 Å². The van der Waals surface area contributed by atoms with Gasteiger partial charge in [-0.05, 0) is 31.4 Å². The molecule has 1 N–H and O–H groups in total. The van der Waals surface area contributed by atoms with Gasteiger partial charge in [0, 0.05) is 30.6 Å². The van der Waals surface area contributed by atoms with Gasteiger partial charge in [0.2, 0.25) is 0 Å². The van der Waals surface area contributed by atoms with Gasteiger partial charge in [-0.3, -0.25) is 0 Å². The Kier molecular flexibility index (Phi) is 2.76. The number of hydrogen-bond donors (Lipinski definition) is 1. The zero-order valence-electron chi connectivity index (χ0n) is 9.89. The maximum absolute atomic E-state index is 9.21. The number of imidazole rings is 1. The summed E-state index contributed by atoms with van der Waals surface area (Å²) >= 11 is 1.79. The molecule has 0 bridgehead atoms. The van der Waals surface area contributed by atoms with Crippen molar-refractivity contribution in [1.29, 1.82) is 0 Å². The summed E-state index contributed by atoms with van der Waals surface area (Å²) in [5.41, 5.74) is 1.08. The van der Waals surface area contributed by atoms with E-state index in [1.165, 1.54) is 9.75 Å². The van der Waals surface area contributed by atoms with Crippen molar-refractivity contribution in [3.8, 4) is 10.6 Å². The molecule has 0 radical (unpaired) electrons. The van der Waals surface area contributed by atoms with Gasteiger partial charge < -0.3 is 9.67 Å². The van der Waals surface area contributed by atoms with Crippen LogP contribution in [0.15, 0.2) is 18.3 Å². The first kappa shape index (κ1) is 11.0. The largest absolute Gasteiger partial charge is 0.396 e. The maximum Gasteiger partial charge on any atom is 0.109 e. The van der Waals surface area contributed by atoms with Crippen molar-refractivity contribution >= 4 is 11.3 Å². The number of thiophene rings is 1. The molecule has 0 spiro atoms. The molecule has 2 aromatic rings. The van der Waals surface area contributed by atoms with E-state index in [4.69, 9.17) is 4.98 Å². The lowest BCUT2D eigenvalue weighted by Crippen LogP contribution is -2.21. The van der Waals surface area contributed by atoms with Crippen molar-refractivity contribution in [3.05, 3.63) is 29.0 Å². The van der Waals surface area contributed by atoms with Crippen molar-refractivity contribution in [2.75, 3.05) is 6.61 Å². The summed E-state index contributed by atoms with van der Waals surface area (Å²) in [5, 5.41) is 9.21. The van der Waals surface area contributed by atoms with Crippen LogP contribution in [-0.4, -0.2) is 21.3 Å². The van der Waals surface area contributed by atoms with Gasteiger partial charge in [0.15, 0.2) is 0 Å². The molecule has 4 heteroatoms. The molecule has 1 aliphatic heterocycles. The Morgan fingerprint density at radius 3 is 3.12 bits per heavy atom. The van der Waals surface area contributed by atoms with Crippen LogP contribution in [0.1, 0.15) is 17.1 Å². The van der Waals surface area contributed by atoms with Crippen LogP contribution in [-0.2, 0) is 13.0 Å². The number of aromatic nitrogens is 2. The monoisotopic (exact) mass is 248 g/mol. The average Bonchev–Trinajstić information content (AvgIpc) is 2.93. The zero-order valence-corrected chi connectivity index (χ0v) is 10.7. The Balaban J connectivity index is 1.92. The second kappa shape index (κ2) is 4.27. The molecule has 1 unspecified atom stereocenters. The Bertz CT molecular complexity index is 529. The Morgan fingerprint density at radius 1 is 1.53 bits per heavy atom. The minimum Gasteiger partial charge on any atom is -0.396 e. The molecule has 1 atom stereocenters. The van der Waals surface area contributed by atoms with E-state index in [2.05, 4.69) is 29.8 Å². The summed E-state index contributed by atoms with van der Waals surface area (Å²) < 4.78 is 2.23. The number of hydrogen-bond acceptors (Lipinski definition) is 3. The molecule has 0 amide bonds. The van der Waals surface area contributed by atoms with E-state index in [0.717, 1.165) is 30.9 Å². The molecular formula is C13H16N2OS. The maximum atomic E-state index is 9.21. The van der Waals surface area contributed by atoms with E-state index in [1.54, 1.807) is 11.3 Å². The predicted molar refractivity (Wildman–Crippen MR) is 69.2 cm³/mol. The van der Waals surface area contributed by atoms with Crippen molar-refractivity contribution in [1.82, 2.24) is 9.55 Å². The molecule has 0 fully saturated rings. The smallest absolute Gasteiger partial charge is 0.109 e. The van der Waals surface area contributed by atoms with Gasteiger partial charge in [-0.25, -0.2) is 4.98 Å². The van der Waals surface area contributed by atoms with Gasteiger partial charge in [0.25, 0.3) is 0 Å². The molecule has 17 heavy (non-hydrogen) atoms. The van der Waals surface area contributed by atoms with Crippen LogP contribution >= 0.6 is 11.3 Å². The fourth-order valence-corrected chi connectivity index (χ4v) is 3.16.